The molecule has 0 bridgehead atoms. The molecule has 0 aromatic carbocycles. The van der Waals surface area contributed by atoms with Crippen molar-refractivity contribution in [2.24, 2.45) is 0 Å². The molecule has 0 rings (SSSR count). The Labute approximate surface area is 98.0 Å². The second-order valence-corrected chi connectivity index (χ2v) is 6.00. The van der Waals surface area contributed by atoms with Crippen LogP contribution in [0.5, 0.6) is 0 Å². The molecule has 0 aliphatic rings. The molecule has 0 spiro atoms. The van der Waals surface area contributed by atoms with Crippen LogP contribution in [0.25, 0.3) is 0 Å². The average molecular weight is 294 g/mol. The number of hydrogen-bond acceptors (Lipinski definition) is 7. The maximum Gasteiger partial charge on any atom is 0.352 e. The van der Waals surface area contributed by atoms with Gasteiger partial charge in [-0.25, -0.2) is 0 Å². The van der Waals surface area contributed by atoms with Crippen LogP contribution in [0.3, 0.4) is 0 Å². The second-order valence-electron chi connectivity index (χ2n) is 2.52. The lowest BCUT2D eigenvalue weighted by Crippen LogP contribution is -2.18. The van der Waals surface area contributed by atoms with E-state index >= 15 is 0 Å². The third-order valence-electron chi connectivity index (χ3n) is 1.12. The van der Waals surface area contributed by atoms with E-state index in [1.165, 1.54) is 0 Å². The number of hydrogen-bond donors (Lipinski definition) is 2. The fraction of sp³-hybridized carbons (Fsp3) is 0.800. The standard InChI is InChI=1S/C5H10O8S3/c6-15(7,8)3-1-12-5(14)13-2-4-16(9,10)11/h1-4H2,(H,6,7,8)(H,9,10,11). The first-order valence-corrected chi connectivity index (χ1v) is 7.43. The van der Waals surface area contributed by atoms with E-state index in [1.807, 2.05) is 0 Å². The molecule has 0 aromatic heterocycles. The maximum atomic E-state index is 10.2. The van der Waals surface area contributed by atoms with Crippen LogP contribution in [0.4, 0.5) is 0 Å². The van der Waals surface area contributed by atoms with E-state index in [-0.39, 0.29) is 0 Å². The van der Waals surface area contributed by atoms with Crippen LogP contribution in [0.2, 0.25) is 0 Å². The van der Waals surface area contributed by atoms with Crippen molar-refractivity contribution in [3.05, 3.63) is 0 Å². The Hall–Kier alpha value is -0.490. The summed E-state index contributed by atoms with van der Waals surface area (Å²) >= 11 is 4.43. The largest absolute Gasteiger partial charge is 0.456 e. The summed E-state index contributed by atoms with van der Waals surface area (Å²) < 4.78 is 66.6. The average Bonchev–Trinajstić information content (AvgIpc) is 1.98. The van der Waals surface area contributed by atoms with E-state index in [0.717, 1.165) is 0 Å². The topological polar surface area (TPSA) is 127 Å². The smallest absolute Gasteiger partial charge is 0.352 e. The zero-order valence-electron chi connectivity index (χ0n) is 7.90. The van der Waals surface area contributed by atoms with Gasteiger partial charge >= 0.3 is 5.24 Å². The molecule has 96 valence electrons. The minimum Gasteiger partial charge on any atom is -0.456 e. The van der Waals surface area contributed by atoms with E-state index in [4.69, 9.17) is 9.11 Å². The first kappa shape index (κ1) is 15.5. The van der Waals surface area contributed by atoms with Gasteiger partial charge in [0.05, 0.1) is 0 Å². The molecule has 0 aliphatic carbocycles. The van der Waals surface area contributed by atoms with Gasteiger partial charge in [-0.15, -0.1) is 0 Å². The van der Waals surface area contributed by atoms with Crippen molar-refractivity contribution in [1.29, 1.82) is 0 Å². The van der Waals surface area contributed by atoms with Crippen molar-refractivity contribution in [3.63, 3.8) is 0 Å². The summed E-state index contributed by atoms with van der Waals surface area (Å²) in [4.78, 5) is 0. The Balaban J connectivity index is 3.69. The molecule has 0 radical (unpaired) electrons. The van der Waals surface area contributed by atoms with Gasteiger partial charge in [0.15, 0.2) is 0 Å². The van der Waals surface area contributed by atoms with Crippen molar-refractivity contribution in [2.45, 2.75) is 0 Å². The van der Waals surface area contributed by atoms with Gasteiger partial charge in [0.25, 0.3) is 20.2 Å². The predicted octanol–water partition coefficient (Wildman–Crippen LogP) is -0.920. The van der Waals surface area contributed by atoms with Gasteiger partial charge in [0.1, 0.15) is 24.7 Å². The lowest BCUT2D eigenvalue weighted by atomic mass is 10.8. The minimum atomic E-state index is -4.14. The van der Waals surface area contributed by atoms with Gasteiger partial charge in [-0.2, -0.15) is 16.8 Å². The minimum absolute atomic E-state index is 0.413. The quantitative estimate of drug-likeness (QED) is 0.472. The van der Waals surface area contributed by atoms with Gasteiger partial charge in [-0.05, 0) is 0 Å². The van der Waals surface area contributed by atoms with Crippen LogP contribution in [0.15, 0.2) is 0 Å². The van der Waals surface area contributed by atoms with Crippen molar-refractivity contribution in [3.8, 4) is 0 Å². The molecule has 11 heteroatoms. The molecule has 0 saturated carbocycles. The molecule has 0 fully saturated rings. The number of rotatable bonds is 6. The summed E-state index contributed by atoms with van der Waals surface area (Å²) in [6.07, 6.45) is 0. The number of ether oxygens (including phenoxy) is 2. The first-order chi connectivity index (χ1) is 7.10. The molecule has 0 amide bonds. The normalized spacial score (nSPS) is 12.1. The van der Waals surface area contributed by atoms with Gasteiger partial charge < -0.3 is 9.47 Å². The zero-order valence-corrected chi connectivity index (χ0v) is 10.3. The summed E-state index contributed by atoms with van der Waals surface area (Å²) in [5.41, 5.74) is 0. The molecule has 0 unspecified atom stereocenters. The van der Waals surface area contributed by atoms with E-state index in [9.17, 15) is 16.8 Å². The Bertz CT molecular complexity index is 381. The van der Waals surface area contributed by atoms with Crippen LogP contribution in [-0.4, -0.2) is 55.9 Å². The highest BCUT2D eigenvalue weighted by Gasteiger charge is 2.08. The fourth-order valence-electron chi connectivity index (χ4n) is 0.502. The molecule has 2 N–H and O–H groups in total. The molecule has 8 nitrogen and oxygen atoms in total. The second kappa shape index (κ2) is 6.30. The molecule has 0 aromatic rings. The molecule has 0 atom stereocenters. The summed E-state index contributed by atoms with van der Waals surface area (Å²) in [7, 11) is -8.28. The molecule has 16 heavy (non-hydrogen) atoms. The van der Waals surface area contributed by atoms with Crippen molar-refractivity contribution >= 4 is 37.7 Å². The molecule has 0 saturated heterocycles. The summed E-state index contributed by atoms with van der Waals surface area (Å²) in [6.45, 7) is -0.826. The molecule has 0 aliphatic heterocycles. The van der Waals surface area contributed by atoms with Crippen molar-refractivity contribution < 1.29 is 35.4 Å². The van der Waals surface area contributed by atoms with Crippen LogP contribution in [-0.2, 0) is 29.7 Å². The van der Waals surface area contributed by atoms with Crippen LogP contribution in [0, 0.1) is 0 Å². The van der Waals surface area contributed by atoms with E-state index in [2.05, 4.69) is 21.7 Å². The Morgan fingerprint density at radius 2 is 1.25 bits per heavy atom. The Kier molecular flexibility index (Phi) is 6.10. The van der Waals surface area contributed by atoms with Gasteiger partial charge in [-0.3, -0.25) is 9.11 Å². The highest BCUT2D eigenvalue weighted by Crippen LogP contribution is 1.91. The highest BCUT2D eigenvalue weighted by molar-refractivity contribution is 7.86. The third-order valence-corrected chi connectivity index (χ3v) is 2.72. The van der Waals surface area contributed by atoms with Crippen molar-refractivity contribution in [1.82, 2.24) is 0 Å². The molecular weight excluding hydrogens is 284 g/mol. The monoisotopic (exact) mass is 294 g/mol. The molecule has 0 heterocycles. The Morgan fingerprint density at radius 3 is 1.50 bits per heavy atom. The Morgan fingerprint density at radius 1 is 0.938 bits per heavy atom. The lowest BCUT2D eigenvalue weighted by molar-refractivity contribution is 0.194. The van der Waals surface area contributed by atoms with Gasteiger partial charge in [-0.1, -0.05) is 0 Å². The predicted molar refractivity (Wildman–Crippen MR) is 57.3 cm³/mol. The fourth-order valence-corrected chi connectivity index (χ4v) is 1.26. The van der Waals surface area contributed by atoms with E-state index < -0.39 is 50.2 Å². The maximum absolute atomic E-state index is 10.2. The first-order valence-electron chi connectivity index (χ1n) is 3.80. The van der Waals surface area contributed by atoms with Crippen molar-refractivity contribution in [2.75, 3.05) is 24.7 Å². The van der Waals surface area contributed by atoms with E-state index in [1.54, 1.807) is 0 Å². The van der Waals surface area contributed by atoms with E-state index in [0.29, 0.717) is 0 Å². The lowest BCUT2D eigenvalue weighted by Gasteiger charge is -2.07. The zero-order chi connectivity index (χ0) is 12.8. The van der Waals surface area contributed by atoms with Gasteiger partial charge in [0, 0.05) is 12.2 Å². The number of thiocarbonyl (C=S) groups is 1. The van der Waals surface area contributed by atoms with Crippen LogP contribution < -0.4 is 0 Å². The summed E-state index contributed by atoms with van der Waals surface area (Å²) in [6, 6.07) is 0. The van der Waals surface area contributed by atoms with Crippen LogP contribution >= 0.6 is 12.2 Å². The van der Waals surface area contributed by atoms with Crippen LogP contribution in [0.1, 0.15) is 0 Å². The highest BCUT2D eigenvalue weighted by atomic mass is 32.2. The summed E-state index contributed by atoms with van der Waals surface area (Å²) in [5.74, 6) is -1.32. The summed E-state index contributed by atoms with van der Waals surface area (Å²) in [5, 5.41) is -0.465. The SMILES string of the molecule is O=S(=O)(O)CCOC(=S)OCCS(=O)(=O)O. The molecular formula is C5H10O8S3. The third kappa shape index (κ3) is 11.6. The van der Waals surface area contributed by atoms with Gasteiger partial charge in [0.2, 0.25) is 0 Å².